The summed E-state index contributed by atoms with van der Waals surface area (Å²) in [5.74, 6) is 2.11. The zero-order valence-corrected chi connectivity index (χ0v) is 13.7. The maximum atomic E-state index is 6.08. The number of aromatic nitrogens is 2. The minimum Gasteiger partial charge on any atom is -0.382 e. The lowest BCUT2D eigenvalue weighted by molar-refractivity contribution is 0.423. The quantitative estimate of drug-likeness (QED) is 0.940. The Kier molecular flexibility index (Phi) is 3.69. The Hall–Kier alpha value is -1.14. The van der Waals surface area contributed by atoms with Gasteiger partial charge < -0.3 is 10.6 Å². The van der Waals surface area contributed by atoms with Crippen LogP contribution in [-0.2, 0) is 0 Å². The van der Waals surface area contributed by atoms with Crippen LogP contribution in [0.3, 0.4) is 0 Å². The number of anilines is 2. The first kappa shape index (κ1) is 13.8. The number of hydrogen-bond acceptors (Lipinski definition) is 6. The molecule has 4 nitrogen and oxygen atoms in total. The first-order chi connectivity index (χ1) is 9.56. The summed E-state index contributed by atoms with van der Waals surface area (Å²) in [6.07, 6.45) is 1.25. The van der Waals surface area contributed by atoms with Gasteiger partial charge in [-0.3, -0.25) is 0 Å². The number of nitrogen functional groups attached to an aromatic ring is 1. The third-order valence-corrected chi connectivity index (χ3v) is 5.73. The molecule has 1 aliphatic heterocycles. The van der Waals surface area contributed by atoms with E-state index in [0.717, 1.165) is 41.2 Å². The Morgan fingerprint density at radius 3 is 2.85 bits per heavy atom. The Morgan fingerprint density at radius 2 is 2.25 bits per heavy atom. The van der Waals surface area contributed by atoms with E-state index in [9.17, 15) is 0 Å². The zero-order valence-electron chi connectivity index (χ0n) is 12.1. The number of nitrogens with zero attached hydrogens (tertiary/aromatic N) is 3. The van der Waals surface area contributed by atoms with Crippen LogP contribution in [0.15, 0.2) is 5.38 Å². The van der Waals surface area contributed by atoms with Gasteiger partial charge in [-0.2, -0.15) is 4.37 Å². The molecule has 2 aromatic rings. The molecule has 3 heterocycles. The zero-order chi connectivity index (χ0) is 14.3. The highest BCUT2D eigenvalue weighted by Crippen LogP contribution is 2.42. The van der Waals surface area contributed by atoms with Gasteiger partial charge in [0.2, 0.25) is 0 Å². The van der Waals surface area contributed by atoms with E-state index in [1.165, 1.54) is 23.0 Å². The van der Waals surface area contributed by atoms with E-state index in [1.54, 1.807) is 11.3 Å². The largest absolute Gasteiger partial charge is 0.382 e. The predicted molar refractivity (Wildman–Crippen MR) is 87.5 cm³/mol. The van der Waals surface area contributed by atoms with Crippen molar-refractivity contribution in [1.29, 1.82) is 0 Å². The molecule has 1 fully saturated rings. The average Bonchev–Trinajstić information content (AvgIpc) is 3.07. The summed E-state index contributed by atoms with van der Waals surface area (Å²) in [4.78, 5) is 7.01. The van der Waals surface area contributed by atoms with Gasteiger partial charge in [-0.25, -0.2) is 4.98 Å². The molecule has 0 aromatic carbocycles. The van der Waals surface area contributed by atoms with E-state index >= 15 is 0 Å². The Balaban J connectivity index is 1.92. The lowest BCUT2D eigenvalue weighted by Gasteiger charge is -2.19. The number of hydrogen-bond donors (Lipinski definition) is 1. The van der Waals surface area contributed by atoms with Gasteiger partial charge in [0.25, 0.3) is 0 Å². The second-order valence-corrected chi connectivity index (χ2v) is 7.55. The summed E-state index contributed by atoms with van der Waals surface area (Å²) in [5.41, 5.74) is 8.09. The predicted octanol–water partition coefficient (Wildman–Crippen LogP) is 3.64. The van der Waals surface area contributed by atoms with E-state index in [-0.39, 0.29) is 0 Å². The summed E-state index contributed by atoms with van der Waals surface area (Å²) in [7, 11) is 0. The monoisotopic (exact) mass is 308 g/mol. The van der Waals surface area contributed by atoms with Crippen molar-refractivity contribution in [3.05, 3.63) is 10.4 Å². The number of thiazole rings is 1. The lowest BCUT2D eigenvalue weighted by Crippen LogP contribution is -2.20. The SMILES string of the molecule is Cc1nc(-c2c(N)nsc2N2CCC(C(C)C)C2)cs1. The summed E-state index contributed by atoms with van der Waals surface area (Å²) >= 11 is 3.17. The first-order valence-corrected chi connectivity index (χ1v) is 8.64. The molecule has 0 bridgehead atoms. The topological polar surface area (TPSA) is 55.0 Å². The average molecular weight is 308 g/mol. The van der Waals surface area contributed by atoms with Crippen molar-refractivity contribution < 1.29 is 0 Å². The Labute approximate surface area is 127 Å². The molecular formula is C14H20N4S2. The molecule has 1 saturated heterocycles. The maximum Gasteiger partial charge on any atom is 0.148 e. The van der Waals surface area contributed by atoms with Crippen molar-refractivity contribution in [2.45, 2.75) is 27.2 Å². The summed E-state index contributed by atoms with van der Waals surface area (Å²) in [6.45, 7) is 8.84. The minimum absolute atomic E-state index is 0.614. The third-order valence-electron chi connectivity index (χ3n) is 4.03. The van der Waals surface area contributed by atoms with Crippen LogP contribution in [0.4, 0.5) is 10.8 Å². The van der Waals surface area contributed by atoms with Crippen LogP contribution in [0, 0.1) is 18.8 Å². The fourth-order valence-corrected chi connectivity index (χ4v) is 4.21. The smallest absolute Gasteiger partial charge is 0.148 e. The molecule has 2 N–H and O–H groups in total. The van der Waals surface area contributed by atoms with E-state index in [2.05, 4.69) is 33.5 Å². The van der Waals surface area contributed by atoms with Crippen LogP contribution in [0.25, 0.3) is 11.3 Å². The highest BCUT2D eigenvalue weighted by molar-refractivity contribution is 7.11. The maximum absolute atomic E-state index is 6.08. The standard InChI is InChI=1S/C14H20N4S2/c1-8(2)10-4-5-18(6-10)14-12(13(15)17-20-14)11-7-19-9(3)16-11/h7-8,10H,4-6H2,1-3H3,(H2,15,17). The molecule has 108 valence electrons. The van der Waals surface area contributed by atoms with Crippen molar-refractivity contribution >= 4 is 33.7 Å². The van der Waals surface area contributed by atoms with Gasteiger partial charge in [0, 0.05) is 18.5 Å². The molecule has 0 amide bonds. The third kappa shape index (κ3) is 2.42. The van der Waals surface area contributed by atoms with E-state index in [4.69, 9.17) is 5.73 Å². The molecular weight excluding hydrogens is 288 g/mol. The second kappa shape index (κ2) is 5.33. The molecule has 0 spiro atoms. The normalized spacial score (nSPS) is 19.2. The van der Waals surface area contributed by atoms with Crippen LogP contribution in [0.2, 0.25) is 0 Å². The summed E-state index contributed by atoms with van der Waals surface area (Å²) < 4.78 is 4.36. The minimum atomic E-state index is 0.614. The number of aryl methyl sites for hydroxylation is 1. The molecule has 0 radical (unpaired) electrons. The molecule has 1 unspecified atom stereocenters. The fourth-order valence-electron chi connectivity index (χ4n) is 2.74. The fraction of sp³-hybridized carbons (Fsp3) is 0.571. The van der Waals surface area contributed by atoms with E-state index < -0.39 is 0 Å². The summed E-state index contributed by atoms with van der Waals surface area (Å²) in [5, 5.41) is 4.34. The molecule has 0 aliphatic carbocycles. The second-order valence-electron chi connectivity index (χ2n) is 5.74. The van der Waals surface area contributed by atoms with E-state index in [0.29, 0.717) is 5.82 Å². The number of rotatable bonds is 3. The Morgan fingerprint density at radius 1 is 1.45 bits per heavy atom. The molecule has 6 heteroatoms. The Bertz CT molecular complexity index is 602. The summed E-state index contributed by atoms with van der Waals surface area (Å²) in [6, 6.07) is 0. The van der Waals surface area contributed by atoms with Crippen LogP contribution < -0.4 is 10.6 Å². The van der Waals surface area contributed by atoms with E-state index in [1.807, 2.05) is 6.92 Å². The highest BCUT2D eigenvalue weighted by Gasteiger charge is 2.29. The van der Waals surface area contributed by atoms with Crippen molar-refractivity contribution in [2.75, 3.05) is 23.7 Å². The van der Waals surface area contributed by atoms with Crippen LogP contribution in [0.5, 0.6) is 0 Å². The van der Waals surface area contributed by atoms with Gasteiger partial charge in [0.05, 0.1) is 16.3 Å². The van der Waals surface area contributed by atoms with Crippen LogP contribution >= 0.6 is 22.9 Å². The molecule has 3 rings (SSSR count). The van der Waals surface area contributed by atoms with Crippen molar-refractivity contribution in [3.63, 3.8) is 0 Å². The van der Waals surface area contributed by atoms with Crippen molar-refractivity contribution in [1.82, 2.24) is 9.36 Å². The highest BCUT2D eigenvalue weighted by atomic mass is 32.1. The van der Waals surface area contributed by atoms with Crippen molar-refractivity contribution in [3.8, 4) is 11.3 Å². The van der Waals surface area contributed by atoms with Crippen molar-refractivity contribution in [2.24, 2.45) is 11.8 Å². The van der Waals surface area contributed by atoms with Gasteiger partial charge in [-0.1, -0.05) is 13.8 Å². The van der Waals surface area contributed by atoms with Gasteiger partial charge in [0.1, 0.15) is 10.8 Å². The van der Waals surface area contributed by atoms with Crippen LogP contribution in [-0.4, -0.2) is 22.4 Å². The van der Waals surface area contributed by atoms with Gasteiger partial charge in [-0.05, 0) is 36.7 Å². The molecule has 0 saturated carbocycles. The molecule has 20 heavy (non-hydrogen) atoms. The molecule has 1 atom stereocenters. The van der Waals surface area contributed by atoms with Crippen LogP contribution in [0.1, 0.15) is 25.3 Å². The van der Waals surface area contributed by atoms with Gasteiger partial charge in [-0.15, -0.1) is 11.3 Å². The van der Waals surface area contributed by atoms with Gasteiger partial charge >= 0.3 is 0 Å². The lowest BCUT2D eigenvalue weighted by atomic mass is 9.95. The molecule has 1 aliphatic rings. The number of nitrogens with two attached hydrogens (primary N) is 1. The first-order valence-electron chi connectivity index (χ1n) is 6.99. The molecule has 2 aromatic heterocycles. The van der Waals surface area contributed by atoms with Gasteiger partial charge in [0.15, 0.2) is 0 Å².